The summed E-state index contributed by atoms with van der Waals surface area (Å²) in [6.45, 7) is 1.55. The lowest BCUT2D eigenvalue weighted by Crippen LogP contribution is -2.47. The van der Waals surface area contributed by atoms with E-state index in [1.54, 1.807) is 6.20 Å². The van der Waals surface area contributed by atoms with Gasteiger partial charge < -0.3 is 4.90 Å². The lowest BCUT2D eigenvalue weighted by atomic mass is 10.0. The minimum Gasteiger partial charge on any atom is -0.369 e. The second-order valence-electron chi connectivity index (χ2n) is 5.67. The number of pyridine rings is 1. The molecule has 1 atom stereocenters. The van der Waals surface area contributed by atoms with Crippen molar-refractivity contribution in [1.82, 2.24) is 9.71 Å². The molecule has 0 amide bonds. The molecule has 1 aromatic heterocycles. The Hall–Kier alpha value is -1.37. The summed E-state index contributed by atoms with van der Waals surface area (Å²) in [4.78, 5) is 6.56. The summed E-state index contributed by atoms with van der Waals surface area (Å²) in [5.41, 5.74) is 1.94. The lowest BCUT2D eigenvalue weighted by Gasteiger charge is -2.35. The van der Waals surface area contributed by atoms with E-state index >= 15 is 0 Å². The minimum absolute atomic E-state index is 0.0638. The Morgan fingerprint density at radius 1 is 1.36 bits per heavy atom. The van der Waals surface area contributed by atoms with E-state index in [0.717, 1.165) is 36.0 Å². The van der Waals surface area contributed by atoms with Crippen LogP contribution in [-0.4, -0.2) is 38.8 Å². The van der Waals surface area contributed by atoms with Gasteiger partial charge in [0.25, 0.3) is 0 Å². The summed E-state index contributed by atoms with van der Waals surface area (Å²) in [5, 5.41) is 1.67. The molecule has 1 N–H and O–H groups in total. The molecule has 2 heterocycles. The first-order chi connectivity index (χ1) is 10.4. The van der Waals surface area contributed by atoms with E-state index in [2.05, 4.69) is 14.6 Å². The van der Waals surface area contributed by atoms with Crippen LogP contribution in [0.2, 0.25) is 5.02 Å². The number of piperidine rings is 1. The van der Waals surface area contributed by atoms with E-state index in [1.165, 1.54) is 6.26 Å². The molecule has 1 aromatic carbocycles. The first-order valence-electron chi connectivity index (χ1n) is 7.19. The van der Waals surface area contributed by atoms with E-state index in [1.807, 2.05) is 24.3 Å². The molecule has 0 radical (unpaired) electrons. The molecule has 0 aliphatic carbocycles. The van der Waals surface area contributed by atoms with Gasteiger partial charge in [0.2, 0.25) is 10.0 Å². The third-order valence-corrected chi connectivity index (χ3v) is 4.82. The van der Waals surface area contributed by atoms with Crippen molar-refractivity contribution in [2.75, 3.05) is 24.2 Å². The molecule has 118 valence electrons. The number of hydrogen-bond acceptors (Lipinski definition) is 4. The van der Waals surface area contributed by atoms with Crippen molar-refractivity contribution in [2.45, 2.75) is 18.9 Å². The van der Waals surface area contributed by atoms with E-state index < -0.39 is 10.0 Å². The normalized spacial score (nSPS) is 19.5. The maximum atomic E-state index is 11.4. The highest BCUT2D eigenvalue weighted by atomic mass is 35.5. The predicted molar refractivity (Wildman–Crippen MR) is 90.0 cm³/mol. The standard InChI is InChI=1S/C15H18ClN3O2S/c1-22(20,21)18-12-3-2-8-19(10-12)15-6-7-17-14-5-4-11(16)9-13(14)15/h4-7,9,12,18H,2-3,8,10H2,1H3. The predicted octanol–water partition coefficient (Wildman–Crippen LogP) is 2.41. The number of nitrogens with one attached hydrogen (secondary N) is 1. The summed E-state index contributed by atoms with van der Waals surface area (Å²) in [7, 11) is -3.19. The molecule has 5 nitrogen and oxygen atoms in total. The van der Waals surface area contributed by atoms with Crippen molar-refractivity contribution in [3.63, 3.8) is 0 Å². The smallest absolute Gasteiger partial charge is 0.209 e. The molecule has 3 rings (SSSR count). The Balaban J connectivity index is 1.92. The van der Waals surface area contributed by atoms with Crippen molar-refractivity contribution < 1.29 is 8.42 Å². The fourth-order valence-electron chi connectivity index (χ4n) is 2.97. The molecule has 1 fully saturated rings. The number of nitrogens with zero attached hydrogens (tertiary/aromatic N) is 2. The van der Waals surface area contributed by atoms with Crippen molar-refractivity contribution in [3.05, 3.63) is 35.5 Å². The molecule has 1 aliphatic heterocycles. The maximum Gasteiger partial charge on any atom is 0.209 e. The fourth-order valence-corrected chi connectivity index (χ4v) is 3.94. The largest absolute Gasteiger partial charge is 0.369 e. The molecule has 1 saturated heterocycles. The van der Waals surface area contributed by atoms with Gasteiger partial charge in [-0.05, 0) is 37.1 Å². The average molecular weight is 340 g/mol. The van der Waals surface area contributed by atoms with Gasteiger partial charge in [-0.3, -0.25) is 4.98 Å². The van der Waals surface area contributed by atoms with Gasteiger partial charge in [-0.15, -0.1) is 0 Å². The van der Waals surface area contributed by atoms with E-state index in [0.29, 0.717) is 11.6 Å². The Morgan fingerprint density at radius 2 is 2.18 bits per heavy atom. The Morgan fingerprint density at radius 3 is 2.95 bits per heavy atom. The van der Waals surface area contributed by atoms with Crippen LogP contribution in [0.4, 0.5) is 5.69 Å². The highest BCUT2D eigenvalue weighted by Gasteiger charge is 2.23. The number of rotatable bonds is 3. The number of anilines is 1. The zero-order valence-corrected chi connectivity index (χ0v) is 13.9. The van der Waals surface area contributed by atoms with Crippen LogP contribution in [0.25, 0.3) is 10.9 Å². The number of sulfonamides is 1. The number of aromatic nitrogens is 1. The highest BCUT2D eigenvalue weighted by molar-refractivity contribution is 7.88. The Kier molecular flexibility index (Phi) is 4.25. The van der Waals surface area contributed by atoms with Crippen LogP contribution in [0.5, 0.6) is 0 Å². The quantitative estimate of drug-likeness (QED) is 0.932. The molecule has 7 heteroatoms. The zero-order valence-electron chi connectivity index (χ0n) is 12.3. The number of benzene rings is 1. The van der Waals surface area contributed by atoms with Gasteiger partial charge in [0.15, 0.2) is 0 Å². The maximum absolute atomic E-state index is 11.4. The molecule has 0 bridgehead atoms. The molecule has 1 unspecified atom stereocenters. The Bertz CT molecular complexity index is 794. The second kappa shape index (κ2) is 6.02. The van der Waals surface area contributed by atoms with Crippen LogP contribution in [-0.2, 0) is 10.0 Å². The van der Waals surface area contributed by atoms with Crippen molar-refractivity contribution in [2.24, 2.45) is 0 Å². The SMILES string of the molecule is CS(=O)(=O)NC1CCCN(c2ccnc3ccc(Cl)cc23)C1. The molecule has 0 saturated carbocycles. The first kappa shape index (κ1) is 15.5. The minimum atomic E-state index is -3.19. The second-order valence-corrected chi connectivity index (χ2v) is 7.88. The van der Waals surface area contributed by atoms with Crippen molar-refractivity contribution in [1.29, 1.82) is 0 Å². The summed E-state index contributed by atoms with van der Waals surface area (Å²) in [6, 6.07) is 7.53. The summed E-state index contributed by atoms with van der Waals surface area (Å²) in [5.74, 6) is 0. The van der Waals surface area contributed by atoms with Gasteiger partial charge >= 0.3 is 0 Å². The van der Waals surface area contributed by atoms with Gasteiger partial charge in [0.05, 0.1) is 11.8 Å². The van der Waals surface area contributed by atoms with Gasteiger partial charge in [-0.25, -0.2) is 13.1 Å². The van der Waals surface area contributed by atoms with Crippen molar-refractivity contribution in [3.8, 4) is 0 Å². The van der Waals surface area contributed by atoms with E-state index in [9.17, 15) is 8.42 Å². The number of hydrogen-bond donors (Lipinski definition) is 1. The zero-order chi connectivity index (χ0) is 15.7. The molecule has 22 heavy (non-hydrogen) atoms. The van der Waals surface area contributed by atoms with Gasteiger partial charge in [-0.1, -0.05) is 11.6 Å². The summed E-state index contributed by atoms with van der Waals surface area (Å²) in [6.07, 6.45) is 4.78. The molecular formula is C15H18ClN3O2S. The van der Waals surface area contributed by atoms with Crippen LogP contribution in [0, 0.1) is 0 Å². The van der Waals surface area contributed by atoms with E-state index in [4.69, 9.17) is 11.6 Å². The molecule has 0 spiro atoms. The molecular weight excluding hydrogens is 322 g/mol. The monoisotopic (exact) mass is 339 g/mol. The highest BCUT2D eigenvalue weighted by Crippen LogP contribution is 2.29. The van der Waals surface area contributed by atoms with Gasteiger partial charge in [-0.2, -0.15) is 0 Å². The van der Waals surface area contributed by atoms with Gasteiger partial charge in [0.1, 0.15) is 0 Å². The van der Waals surface area contributed by atoms with Crippen LogP contribution in [0.15, 0.2) is 30.5 Å². The molecule has 2 aromatic rings. The lowest BCUT2D eigenvalue weighted by molar-refractivity contribution is 0.468. The summed E-state index contributed by atoms with van der Waals surface area (Å²) >= 11 is 6.11. The number of fused-ring (bicyclic) bond motifs is 1. The fraction of sp³-hybridized carbons (Fsp3) is 0.400. The topological polar surface area (TPSA) is 62.3 Å². The van der Waals surface area contributed by atoms with Crippen LogP contribution < -0.4 is 9.62 Å². The number of halogens is 1. The third-order valence-electron chi connectivity index (χ3n) is 3.82. The first-order valence-corrected chi connectivity index (χ1v) is 9.46. The summed E-state index contributed by atoms with van der Waals surface area (Å²) < 4.78 is 25.6. The van der Waals surface area contributed by atoms with Crippen molar-refractivity contribution >= 4 is 38.2 Å². The average Bonchev–Trinajstić information content (AvgIpc) is 2.45. The van der Waals surface area contributed by atoms with Crippen LogP contribution in [0.1, 0.15) is 12.8 Å². The van der Waals surface area contributed by atoms with Crippen LogP contribution >= 0.6 is 11.6 Å². The van der Waals surface area contributed by atoms with E-state index in [-0.39, 0.29) is 6.04 Å². The Labute approximate surface area is 135 Å². The van der Waals surface area contributed by atoms with Crippen LogP contribution in [0.3, 0.4) is 0 Å². The molecule has 1 aliphatic rings. The third kappa shape index (κ3) is 3.51. The van der Waals surface area contributed by atoms with Gasteiger partial charge in [0, 0.05) is 41.4 Å².